The topological polar surface area (TPSA) is 79.3 Å². The van der Waals surface area contributed by atoms with E-state index < -0.39 is 5.92 Å². The van der Waals surface area contributed by atoms with E-state index >= 15 is 0 Å². The van der Waals surface area contributed by atoms with Crippen molar-refractivity contribution in [2.24, 2.45) is 4.99 Å². The minimum atomic E-state index is -3.08. The molecule has 0 saturated carbocycles. The van der Waals surface area contributed by atoms with E-state index in [2.05, 4.69) is 32.3 Å². The van der Waals surface area contributed by atoms with E-state index in [9.17, 15) is 13.6 Å². The third-order valence-corrected chi connectivity index (χ3v) is 5.50. The number of benzene rings is 1. The predicted octanol–water partition coefficient (Wildman–Crippen LogP) is 5.62. The SMILES string of the molecule is C=Nc1cc(-c2cccnc2)cc(-c2cccc(C(C)(F)F)n2)c1SCNC(=O)NCC. The van der Waals surface area contributed by atoms with Crippen molar-refractivity contribution in [3.05, 3.63) is 60.6 Å². The van der Waals surface area contributed by atoms with Crippen LogP contribution in [-0.2, 0) is 5.92 Å². The van der Waals surface area contributed by atoms with Crippen molar-refractivity contribution in [2.45, 2.75) is 24.7 Å². The molecule has 2 heterocycles. The van der Waals surface area contributed by atoms with Gasteiger partial charge in [-0.1, -0.05) is 12.1 Å². The Morgan fingerprint density at radius 1 is 1.19 bits per heavy atom. The number of thioether (sulfide) groups is 1. The second-order valence-electron chi connectivity index (χ2n) is 6.89. The molecule has 0 atom stereocenters. The number of alkyl halides is 2. The zero-order chi connectivity index (χ0) is 23.1. The van der Waals surface area contributed by atoms with Crippen LogP contribution in [0.3, 0.4) is 0 Å². The Bertz CT molecular complexity index is 1100. The summed E-state index contributed by atoms with van der Waals surface area (Å²) in [6.07, 6.45) is 3.38. The molecule has 0 aliphatic rings. The Balaban J connectivity index is 2.10. The van der Waals surface area contributed by atoms with Gasteiger partial charge in [-0.2, -0.15) is 8.78 Å². The van der Waals surface area contributed by atoms with E-state index in [4.69, 9.17) is 0 Å². The molecule has 32 heavy (non-hydrogen) atoms. The molecule has 0 radical (unpaired) electrons. The second kappa shape index (κ2) is 10.3. The van der Waals surface area contributed by atoms with Crippen LogP contribution in [0.4, 0.5) is 19.3 Å². The van der Waals surface area contributed by atoms with E-state index in [0.717, 1.165) is 18.1 Å². The summed E-state index contributed by atoms with van der Waals surface area (Å²) in [6, 6.07) is 11.6. The van der Waals surface area contributed by atoms with Gasteiger partial charge in [-0.05, 0) is 49.5 Å². The minimum Gasteiger partial charge on any atom is -0.338 e. The van der Waals surface area contributed by atoms with E-state index in [1.54, 1.807) is 24.5 Å². The first-order valence-electron chi connectivity index (χ1n) is 9.89. The van der Waals surface area contributed by atoms with Crippen LogP contribution in [0.5, 0.6) is 0 Å². The number of aromatic nitrogens is 2. The maximum Gasteiger partial charge on any atom is 0.315 e. The smallest absolute Gasteiger partial charge is 0.315 e. The highest BCUT2D eigenvalue weighted by Gasteiger charge is 2.27. The van der Waals surface area contributed by atoms with Gasteiger partial charge in [0, 0.05) is 41.9 Å². The molecule has 6 nitrogen and oxygen atoms in total. The van der Waals surface area contributed by atoms with Crippen LogP contribution in [0.15, 0.2) is 64.7 Å². The molecule has 0 fully saturated rings. The van der Waals surface area contributed by atoms with Gasteiger partial charge in [0.15, 0.2) is 0 Å². The standard InChI is InChI=1S/C23H23F2N5OS/c1-4-28-22(31)29-14-32-21-17(18-8-5-9-20(30-18)23(2,24)25)11-16(12-19(21)26-3)15-7-6-10-27-13-15/h5-13H,3-4,14H2,1-2H3,(H2,28,29,31). The van der Waals surface area contributed by atoms with E-state index in [1.165, 1.54) is 17.8 Å². The van der Waals surface area contributed by atoms with Gasteiger partial charge in [0.2, 0.25) is 0 Å². The molecule has 2 N–H and O–H groups in total. The average Bonchev–Trinajstić information content (AvgIpc) is 2.79. The first-order valence-corrected chi connectivity index (χ1v) is 10.9. The molecule has 0 saturated heterocycles. The van der Waals surface area contributed by atoms with Gasteiger partial charge < -0.3 is 10.6 Å². The lowest BCUT2D eigenvalue weighted by Crippen LogP contribution is -2.34. The summed E-state index contributed by atoms with van der Waals surface area (Å²) >= 11 is 1.32. The molecule has 0 aliphatic heterocycles. The average molecular weight is 456 g/mol. The number of urea groups is 1. The molecule has 2 aromatic heterocycles. The Hall–Kier alpha value is -3.33. The molecule has 0 spiro atoms. The fourth-order valence-electron chi connectivity index (χ4n) is 3.00. The monoisotopic (exact) mass is 455 g/mol. The van der Waals surface area contributed by atoms with Crippen molar-refractivity contribution in [2.75, 3.05) is 12.4 Å². The zero-order valence-corrected chi connectivity index (χ0v) is 18.5. The van der Waals surface area contributed by atoms with Gasteiger partial charge >= 0.3 is 6.03 Å². The van der Waals surface area contributed by atoms with Gasteiger partial charge in [0.05, 0.1) is 17.3 Å². The number of hydrogen-bond donors (Lipinski definition) is 2. The maximum absolute atomic E-state index is 13.9. The first kappa shape index (κ1) is 23.3. The zero-order valence-electron chi connectivity index (χ0n) is 17.7. The Morgan fingerprint density at radius 2 is 2.00 bits per heavy atom. The minimum absolute atomic E-state index is 0.247. The summed E-state index contributed by atoms with van der Waals surface area (Å²) in [7, 11) is 0. The number of nitrogens with one attached hydrogen (secondary N) is 2. The Morgan fingerprint density at radius 3 is 2.66 bits per heavy atom. The molecule has 3 aromatic rings. The molecule has 1 aromatic carbocycles. The van der Waals surface area contributed by atoms with Crippen molar-refractivity contribution >= 4 is 30.2 Å². The van der Waals surface area contributed by atoms with Crippen LogP contribution in [0, 0.1) is 0 Å². The molecule has 3 rings (SSSR count). The predicted molar refractivity (Wildman–Crippen MR) is 125 cm³/mol. The summed E-state index contributed by atoms with van der Waals surface area (Å²) in [5, 5.41) is 5.40. The summed E-state index contributed by atoms with van der Waals surface area (Å²) in [4.78, 5) is 25.0. The van der Waals surface area contributed by atoms with Crippen LogP contribution < -0.4 is 10.6 Å². The summed E-state index contributed by atoms with van der Waals surface area (Å²) in [6.45, 7) is 6.81. The van der Waals surface area contributed by atoms with Crippen molar-refractivity contribution in [1.29, 1.82) is 0 Å². The first-order chi connectivity index (χ1) is 15.3. The Kier molecular flexibility index (Phi) is 7.53. The van der Waals surface area contributed by atoms with Gasteiger partial charge in [0.25, 0.3) is 5.92 Å². The number of rotatable bonds is 8. The number of nitrogens with zero attached hydrogens (tertiary/aromatic N) is 3. The number of carbonyl (C=O) groups is 1. The van der Waals surface area contributed by atoms with Crippen molar-refractivity contribution in [3.63, 3.8) is 0 Å². The van der Waals surface area contributed by atoms with Crippen LogP contribution in [0.2, 0.25) is 0 Å². The fourth-order valence-corrected chi connectivity index (χ4v) is 3.94. The number of carbonyl (C=O) groups excluding carboxylic acids is 1. The third kappa shape index (κ3) is 5.67. The van der Waals surface area contributed by atoms with Crippen molar-refractivity contribution in [1.82, 2.24) is 20.6 Å². The second-order valence-corrected chi connectivity index (χ2v) is 7.88. The molecular formula is C23H23F2N5OS. The molecule has 2 amide bonds. The molecule has 9 heteroatoms. The van der Waals surface area contributed by atoms with Crippen LogP contribution >= 0.6 is 11.8 Å². The number of aliphatic imine (C=N–C) groups is 1. The van der Waals surface area contributed by atoms with Crippen LogP contribution in [-0.4, -0.2) is 35.1 Å². The van der Waals surface area contributed by atoms with E-state index in [0.29, 0.717) is 28.4 Å². The third-order valence-electron chi connectivity index (χ3n) is 4.50. The fraction of sp³-hybridized carbons (Fsp3) is 0.217. The van der Waals surface area contributed by atoms with Gasteiger partial charge in [-0.25, -0.2) is 9.78 Å². The largest absolute Gasteiger partial charge is 0.338 e. The lowest BCUT2D eigenvalue weighted by molar-refractivity contribution is 0.0129. The van der Waals surface area contributed by atoms with Gasteiger partial charge in [0.1, 0.15) is 5.69 Å². The molecule has 0 bridgehead atoms. The Labute approximate surface area is 189 Å². The lowest BCUT2D eigenvalue weighted by Gasteiger charge is -2.17. The quantitative estimate of drug-likeness (QED) is 0.262. The van der Waals surface area contributed by atoms with E-state index in [-0.39, 0.29) is 17.6 Å². The van der Waals surface area contributed by atoms with Gasteiger partial charge in [-0.3, -0.25) is 9.98 Å². The van der Waals surface area contributed by atoms with Crippen LogP contribution in [0.25, 0.3) is 22.4 Å². The number of amides is 2. The molecule has 166 valence electrons. The summed E-state index contributed by atoms with van der Waals surface area (Å²) < 4.78 is 27.9. The van der Waals surface area contributed by atoms with Gasteiger partial charge in [-0.15, -0.1) is 11.8 Å². The summed E-state index contributed by atoms with van der Waals surface area (Å²) in [5.41, 5.74) is 2.85. The van der Waals surface area contributed by atoms with Crippen LogP contribution in [0.1, 0.15) is 19.5 Å². The lowest BCUT2D eigenvalue weighted by atomic mass is 10.0. The van der Waals surface area contributed by atoms with Crippen molar-refractivity contribution in [3.8, 4) is 22.4 Å². The van der Waals surface area contributed by atoms with E-state index in [1.807, 2.05) is 31.2 Å². The highest BCUT2D eigenvalue weighted by Crippen LogP contribution is 2.42. The molecular weight excluding hydrogens is 432 g/mol. The maximum atomic E-state index is 13.9. The molecule has 0 aliphatic carbocycles. The number of halogens is 2. The number of hydrogen-bond acceptors (Lipinski definition) is 5. The van der Waals surface area contributed by atoms with Crippen molar-refractivity contribution < 1.29 is 13.6 Å². The number of pyridine rings is 2. The molecule has 0 unspecified atom stereocenters. The highest BCUT2D eigenvalue weighted by molar-refractivity contribution is 7.99. The summed E-state index contributed by atoms with van der Waals surface area (Å²) in [5.74, 6) is -2.83. The normalized spacial score (nSPS) is 11.1. The highest BCUT2D eigenvalue weighted by atomic mass is 32.2.